The van der Waals surface area contributed by atoms with Gasteiger partial charge in [0.1, 0.15) is 0 Å². The normalized spacial score (nSPS) is 11.3. The molecule has 0 bridgehead atoms. The minimum absolute atomic E-state index is 0.696. The Hall–Kier alpha value is -2.64. The number of benzene rings is 3. The van der Waals surface area contributed by atoms with Crippen molar-refractivity contribution in [2.75, 3.05) is 0 Å². The van der Waals surface area contributed by atoms with Crippen LogP contribution >= 0.6 is 8.37 Å². The van der Waals surface area contributed by atoms with Crippen LogP contribution in [-0.4, -0.2) is 11.2 Å². The van der Waals surface area contributed by atoms with E-state index in [0.717, 1.165) is 27.6 Å². The van der Waals surface area contributed by atoms with Gasteiger partial charge in [0.05, 0.1) is 0 Å². The Morgan fingerprint density at radius 2 is 1.36 bits per heavy atom. The third-order valence-corrected chi connectivity index (χ3v) is 5.37. The van der Waals surface area contributed by atoms with Gasteiger partial charge in [-0.25, -0.2) is 4.79 Å². The minimum atomic E-state index is -1.10. The Morgan fingerprint density at radius 1 is 0.800 bits per heavy atom. The van der Waals surface area contributed by atoms with Crippen molar-refractivity contribution in [1.29, 1.82) is 0 Å². The molecule has 0 aromatic heterocycles. The van der Waals surface area contributed by atoms with Gasteiger partial charge in [-0.1, -0.05) is 66.7 Å². The standard InChI is InChI=1S/C21H20NO2P/c1-14-8-3-5-10-16(14)18-12-7-13-19(25-22-21(23)24)20(18)17-11-6-4-9-15(17)2/h3-13H,25H2,1-2H3,(H,23,24). The first-order valence-electron chi connectivity index (χ1n) is 8.10. The molecule has 0 saturated heterocycles. The summed E-state index contributed by atoms with van der Waals surface area (Å²) in [6.45, 7) is 4.18. The summed E-state index contributed by atoms with van der Waals surface area (Å²) in [5.41, 5.74) is 6.87. The van der Waals surface area contributed by atoms with E-state index >= 15 is 0 Å². The van der Waals surface area contributed by atoms with Crippen LogP contribution in [0, 0.1) is 13.8 Å². The van der Waals surface area contributed by atoms with E-state index in [-0.39, 0.29) is 0 Å². The quantitative estimate of drug-likeness (QED) is 0.632. The van der Waals surface area contributed by atoms with Gasteiger partial charge in [0.15, 0.2) is 0 Å². The lowest BCUT2D eigenvalue weighted by Gasteiger charge is -2.17. The maximum atomic E-state index is 11.0. The summed E-state index contributed by atoms with van der Waals surface area (Å²) in [6, 6.07) is 22.6. The maximum Gasteiger partial charge on any atom is 0.429 e. The van der Waals surface area contributed by atoms with Gasteiger partial charge >= 0.3 is 6.09 Å². The molecule has 0 saturated carbocycles. The van der Waals surface area contributed by atoms with E-state index in [1.165, 1.54) is 11.1 Å². The molecule has 3 aromatic carbocycles. The first-order valence-corrected chi connectivity index (χ1v) is 9.19. The summed E-state index contributed by atoms with van der Waals surface area (Å²) in [5.74, 6) is 0. The van der Waals surface area contributed by atoms with Crippen LogP contribution < -0.4 is 5.30 Å². The highest BCUT2D eigenvalue weighted by Gasteiger charge is 2.14. The van der Waals surface area contributed by atoms with Crippen molar-refractivity contribution in [2.24, 2.45) is 4.74 Å². The molecule has 1 amide bonds. The van der Waals surface area contributed by atoms with Gasteiger partial charge in [-0.05, 0) is 60.9 Å². The number of aryl methyl sites for hydroxylation is 2. The Bertz CT molecular complexity index is 964. The Kier molecular flexibility index (Phi) is 5.16. The Balaban J connectivity index is 2.33. The van der Waals surface area contributed by atoms with Crippen LogP contribution in [0.4, 0.5) is 4.79 Å². The molecule has 0 aliphatic heterocycles. The van der Waals surface area contributed by atoms with E-state index in [0.29, 0.717) is 0 Å². The molecule has 126 valence electrons. The van der Waals surface area contributed by atoms with Gasteiger partial charge in [-0.3, -0.25) is 0 Å². The molecule has 1 N–H and O–H groups in total. The summed E-state index contributed by atoms with van der Waals surface area (Å²) in [5, 5.41) is 9.97. The van der Waals surface area contributed by atoms with Crippen molar-refractivity contribution < 1.29 is 9.90 Å². The van der Waals surface area contributed by atoms with Crippen molar-refractivity contribution in [2.45, 2.75) is 13.8 Å². The molecule has 4 heteroatoms. The average molecular weight is 349 g/mol. The minimum Gasteiger partial charge on any atom is -0.463 e. The van der Waals surface area contributed by atoms with Gasteiger partial charge in [0.2, 0.25) is 0 Å². The molecule has 1 atom stereocenters. The molecule has 1 unspecified atom stereocenters. The lowest BCUT2D eigenvalue weighted by molar-refractivity contribution is 0.206. The third-order valence-electron chi connectivity index (χ3n) is 4.26. The first kappa shape index (κ1) is 17.2. The topological polar surface area (TPSA) is 49.7 Å². The number of carboxylic acid groups (broad SMARTS) is 1. The second-order valence-electron chi connectivity index (χ2n) is 5.94. The molecule has 25 heavy (non-hydrogen) atoms. The highest BCUT2D eigenvalue weighted by Crippen LogP contribution is 2.35. The van der Waals surface area contributed by atoms with Crippen LogP contribution in [0.25, 0.3) is 22.3 Å². The fourth-order valence-electron chi connectivity index (χ4n) is 3.06. The zero-order valence-electron chi connectivity index (χ0n) is 14.2. The van der Waals surface area contributed by atoms with Crippen LogP contribution in [-0.2, 0) is 0 Å². The van der Waals surface area contributed by atoms with E-state index in [1.54, 1.807) is 0 Å². The summed E-state index contributed by atoms with van der Waals surface area (Å²) in [4.78, 5) is 11.0. The first-order chi connectivity index (χ1) is 12.1. The predicted molar refractivity (Wildman–Crippen MR) is 107 cm³/mol. The number of hydrogen-bond donors (Lipinski definition) is 1. The second kappa shape index (κ2) is 7.50. The largest absolute Gasteiger partial charge is 0.463 e. The maximum absolute atomic E-state index is 11.0. The smallest absolute Gasteiger partial charge is 0.429 e. The molecular formula is C21H20NO2P. The molecule has 0 aliphatic carbocycles. The lowest BCUT2D eigenvalue weighted by Crippen LogP contribution is -2.03. The molecule has 0 fully saturated rings. The summed E-state index contributed by atoms with van der Waals surface area (Å²) in [7, 11) is -0.696. The summed E-state index contributed by atoms with van der Waals surface area (Å²) < 4.78 is 3.77. The van der Waals surface area contributed by atoms with Gasteiger partial charge in [-0.15, -0.1) is 0 Å². The van der Waals surface area contributed by atoms with Crippen LogP contribution in [0.5, 0.6) is 0 Å². The monoisotopic (exact) mass is 349 g/mol. The van der Waals surface area contributed by atoms with E-state index in [4.69, 9.17) is 5.11 Å². The average Bonchev–Trinajstić information content (AvgIpc) is 2.61. The van der Waals surface area contributed by atoms with E-state index in [1.807, 2.05) is 36.4 Å². The number of amides is 1. The fraction of sp³-hybridized carbons (Fsp3) is 0.0952. The molecule has 0 aliphatic rings. The van der Waals surface area contributed by atoms with Crippen molar-refractivity contribution in [3.8, 4) is 22.3 Å². The van der Waals surface area contributed by atoms with Gasteiger partial charge < -0.3 is 5.11 Å². The summed E-state index contributed by atoms with van der Waals surface area (Å²) in [6.07, 6.45) is -1.10. The van der Waals surface area contributed by atoms with Crippen molar-refractivity contribution in [1.82, 2.24) is 0 Å². The number of nitrogens with zero attached hydrogens (tertiary/aromatic N) is 1. The highest BCUT2D eigenvalue weighted by atomic mass is 31.1. The van der Waals surface area contributed by atoms with E-state index in [9.17, 15) is 4.79 Å². The van der Waals surface area contributed by atoms with E-state index in [2.05, 4.69) is 48.9 Å². The lowest BCUT2D eigenvalue weighted by atomic mass is 9.90. The second-order valence-corrected chi connectivity index (χ2v) is 7.08. The van der Waals surface area contributed by atoms with Gasteiger partial charge in [0.25, 0.3) is 0 Å². The molecule has 0 spiro atoms. The third kappa shape index (κ3) is 3.72. The number of carbonyl (C=O) groups is 1. The number of hydrogen-bond acceptors (Lipinski definition) is 1. The van der Waals surface area contributed by atoms with Crippen LogP contribution in [0.1, 0.15) is 11.1 Å². The van der Waals surface area contributed by atoms with Crippen molar-refractivity contribution in [3.63, 3.8) is 0 Å². The van der Waals surface area contributed by atoms with Gasteiger partial charge in [-0.2, -0.15) is 4.74 Å². The number of rotatable bonds is 3. The van der Waals surface area contributed by atoms with Crippen molar-refractivity contribution >= 4 is 19.8 Å². The highest BCUT2D eigenvalue weighted by molar-refractivity contribution is 7.37. The van der Waals surface area contributed by atoms with Gasteiger partial charge in [0, 0.05) is 0 Å². The Morgan fingerprint density at radius 3 is 1.96 bits per heavy atom. The Labute approximate surface area is 148 Å². The molecule has 3 aromatic rings. The molecule has 0 radical (unpaired) electrons. The van der Waals surface area contributed by atoms with Crippen molar-refractivity contribution in [3.05, 3.63) is 77.9 Å². The van der Waals surface area contributed by atoms with Crippen LogP contribution in [0.2, 0.25) is 0 Å². The molecule has 3 rings (SSSR count). The zero-order valence-corrected chi connectivity index (χ0v) is 15.4. The SMILES string of the molecule is Cc1ccccc1-c1cccc([PH2]=NC(=O)O)c1-c1ccccc1C. The predicted octanol–water partition coefficient (Wildman–Crippen LogP) is 5.54. The van der Waals surface area contributed by atoms with Crippen LogP contribution in [0.15, 0.2) is 71.5 Å². The fourth-order valence-corrected chi connectivity index (χ4v) is 3.94. The van der Waals surface area contributed by atoms with E-state index < -0.39 is 14.5 Å². The summed E-state index contributed by atoms with van der Waals surface area (Å²) >= 11 is 0. The van der Waals surface area contributed by atoms with Crippen LogP contribution in [0.3, 0.4) is 0 Å². The zero-order chi connectivity index (χ0) is 17.8. The molecule has 0 heterocycles. The molecule has 3 nitrogen and oxygen atoms in total. The molecular weight excluding hydrogens is 329 g/mol.